The molecule has 0 bridgehead atoms. The minimum Gasteiger partial charge on any atom is -0.236 e. The molecule has 0 aliphatic carbocycles. The van der Waals surface area contributed by atoms with Crippen LogP contribution < -0.4 is 0 Å². The number of para-hydroxylation sites is 1. The van der Waals surface area contributed by atoms with Crippen molar-refractivity contribution >= 4 is 0 Å². The second kappa shape index (κ2) is 5.05. The normalized spacial score (nSPS) is 10.6. The second-order valence-corrected chi connectivity index (χ2v) is 4.60. The van der Waals surface area contributed by atoms with E-state index < -0.39 is 0 Å². The summed E-state index contributed by atoms with van der Waals surface area (Å²) in [5.74, 6) is 0.270. The van der Waals surface area contributed by atoms with Crippen LogP contribution in [-0.2, 0) is 6.42 Å². The molecule has 0 unspecified atom stereocenters. The van der Waals surface area contributed by atoms with Crippen molar-refractivity contribution in [3.63, 3.8) is 0 Å². The van der Waals surface area contributed by atoms with Gasteiger partial charge in [-0.1, -0.05) is 39.0 Å². The molecular weight excluding hydrogens is 222 g/mol. The summed E-state index contributed by atoms with van der Waals surface area (Å²) < 4.78 is 1.90. The molecule has 2 rings (SSSR count). The summed E-state index contributed by atoms with van der Waals surface area (Å²) in [6.45, 7) is 6.30. The van der Waals surface area contributed by atoms with E-state index in [1.165, 1.54) is 5.56 Å². The van der Waals surface area contributed by atoms with Crippen molar-refractivity contribution in [1.82, 2.24) is 9.78 Å². The Labute approximate surface area is 108 Å². The molecule has 0 atom stereocenters. The molecule has 3 nitrogen and oxygen atoms in total. The summed E-state index contributed by atoms with van der Waals surface area (Å²) >= 11 is 0. The van der Waals surface area contributed by atoms with Crippen molar-refractivity contribution < 1.29 is 0 Å². The SMILES string of the molecule is CCc1ccccc1-n1ncc(C#N)c1C(C)C. The number of benzene rings is 1. The highest BCUT2D eigenvalue weighted by Crippen LogP contribution is 2.24. The maximum Gasteiger partial charge on any atom is 0.103 e. The number of nitriles is 1. The van der Waals surface area contributed by atoms with Crippen LogP contribution in [0.25, 0.3) is 5.69 Å². The van der Waals surface area contributed by atoms with Crippen molar-refractivity contribution in [2.75, 3.05) is 0 Å². The smallest absolute Gasteiger partial charge is 0.103 e. The number of rotatable bonds is 3. The molecule has 0 N–H and O–H groups in total. The van der Waals surface area contributed by atoms with Crippen LogP contribution in [0.2, 0.25) is 0 Å². The zero-order chi connectivity index (χ0) is 13.1. The predicted molar refractivity (Wildman–Crippen MR) is 71.7 cm³/mol. The summed E-state index contributed by atoms with van der Waals surface area (Å²) in [7, 11) is 0. The Kier molecular flexibility index (Phi) is 3.47. The first kappa shape index (κ1) is 12.4. The lowest BCUT2D eigenvalue weighted by atomic mass is 10.1. The van der Waals surface area contributed by atoms with Crippen molar-refractivity contribution in [3.05, 3.63) is 47.3 Å². The summed E-state index contributed by atoms with van der Waals surface area (Å²) in [5, 5.41) is 13.5. The van der Waals surface area contributed by atoms with E-state index in [0.29, 0.717) is 5.56 Å². The van der Waals surface area contributed by atoms with Crippen LogP contribution in [0.15, 0.2) is 30.5 Å². The van der Waals surface area contributed by atoms with Gasteiger partial charge in [0.1, 0.15) is 6.07 Å². The van der Waals surface area contributed by atoms with Gasteiger partial charge in [0.25, 0.3) is 0 Å². The predicted octanol–water partition coefficient (Wildman–Crippen LogP) is 3.43. The van der Waals surface area contributed by atoms with Crippen LogP contribution in [0, 0.1) is 11.3 Å². The average molecular weight is 239 g/mol. The average Bonchev–Trinajstić information content (AvgIpc) is 2.82. The molecule has 92 valence electrons. The number of hydrogen-bond donors (Lipinski definition) is 0. The Hall–Kier alpha value is -2.08. The molecule has 0 amide bonds. The Morgan fingerprint density at radius 2 is 2.06 bits per heavy atom. The minimum absolute atomic E-state index is 0.270. The summed E-state index contributed by atoms with van der Waals surface area (Å²) in [6.07, 6.45) is 2.61. The van der Waals surface area contributed by atoms with Gasteiger partial charge in [-0.2, -0.15) is 10.4 Å². The van der Waals surface area contributed by atoms with Gasteiger partial charge < -0.3 is 0 Å². The van der Waals surface area contributed by atoms with E-state index in [2.05, 4.69) is 44.1 Å². The van der Waals surface area contributed by atoms with Crippen LogP contribution in [0.4, 0.5) is 0 Å². The highest BCUT2D eigenvalue weighted by molar-refractivity contribution is 5.45. The fourth-order valence-corrected chi connectivity index (χ4v) is 2.21. The first-order valence-corrected chi connectivity index (χ1v) is 6.25. The quantitative estimate of drug-likeness (QED) is 0.823. The fourth-order valence-electron chi connectivity index (χ4n) is 2.21. The molecule has 3 heteroatoms. The van der Waals surface area contributed by atoms with Crippen molar-refractivity contribution in [1.29, 1.82) is 5.26 Å². The third-order valence-corrected chi connectivity index (χ3v) is 3.07. The van der Waals surface area contributed by atoms with Crippen LogP contribution in [0.3, 0.4) is 0 Å². The van der Waals surface area contributed by atoms with Gasteiger partial charge in [-0.05, 0) is 24.0 Å². The highest BCUT2D eigenvalue weighted by atomic mass is 15.3. The minimum atomic E-state index is 0.270. The number of aromatic nitrogens is 2. The van der Waals surface area contributed by atoms with E-state index in [0.717, 1.165) is 17.8 Å². The Morgan fingerprint density at radius 3 is 2.67 bits per heavy atom. The van der Waals surface area contributed by atoms with Gasteiger partial charge in [0.2, 0.25) is 0 Å². The molecule has 1 aromatic heterocycles. The van der Waals surface area contributed by atoms with Crippen LogP contribution in [-0.4, -0.2) is 9.78 Å². The molecule has 2 aromatic rings. The second-order valence-electron chi connectivity index (χ2n) is 4.60. The van der Waals surface area contributed by atoms with E-state index >= 15 is 0 Å². The van der Waals surface area contributed by atoms with Gasteiger partial charge in [-0.15, -0.1) is 0 Å². The van der Waals surface area contributed by atoms with Gasteiger partial charge in [0, 0.05) is 0 Å². The van der Waals surface area contributed by atoms with E-state index in [4.69, 9.17) is 5.26 Å². The standard InChI is InChI=1S/C15H17N3/c1-4-12-7-5-6-8-14(12)18-15(11(2)3)13(9-16)10-17-18/h5-8,10-11H,4H2,1-3H3. The third kappa shape index (κ3) is 2.02. The molecule has 0 radical (unpaired) electrons. The fraction of sp³-hybridized carbons (Fsp3) is 0.333. The van der Waals surface area contributed by atoms with Gasteiger partial charge in [-0.3, -0.25) is 0 Å². The molecule has 0 saturated heterocycles. The summed E-state index contributed by atoms with van der Waals surface area (Å²) in [6, 6.07) is 10.4. The van der Waals surface area contributed by atoms with Crippen LogP contribution >= 0.6 is 0 Å². The molecule has 0 spiro atoms. The Bertz CT molecular complexity index is 588. The first-order valence-electron chi connectivity index (χ1n) is 6.25. The summed E-state index contributed by atoms with van der Waals surface area (Å²) in [5.41, 5.74) is 3.96. The van der Waals surface area contributed by atoms with E-state index in [9.17, 15) is 0 Å². The number of hydrogen-bond acceptors (Lipinski definition) is 2. The van der Waals surface area contributed by atoms with E-state index in [1.54, 1.807) is 6.20 Å². The number of aryl methyl sites for hydroxylation is 1. The number of nitrogens with zero attached hydrogens (tertiary/aromatic N) is 3. The lowest BCUT2D eigenvalue weighted by molar-refractivity contribution is 0.727. The van der Waals surface area contributed by atoms with Gasteiger partial charge >= 0.3 is 0 Å². The molecular formula is C15H17N3. The van der Waals surface area contributed by atoms with Crippen LogP contribution in [0.5, 0.6) is 0 Å². The maximum absolute atomic E-state index is 9.15. The zero-order valence-corrected chi connectivity index (χ0v) is 11.0. The lowest BCUT2D eigenvalue weighted by Crippen LogP contribution is -2.07. The van der Waals surface area contributed by atoms with Crippen molar-refractivity contribution in [2.24, 2.45) is 0 Å². The molecule has 1 heterocycles. The molecule has 0 aliphatic rings. The molecule has 18 heavy (non-hydrogen) atoms. The topological polar surface area (TPSA) is 41.6 Å². The van der Waals surface area contributed by atoms with Crippen molar-refractivity contribution in [2.45, 2.75) is 33.1 Å². The largest absolute Gasteiger partial charge is 0.236 e. The van der Waals surface area contributed by atoms with E-state index in [1.807, 2.05) is 16.8 Å². The lowest BCUT2D eigenvalue weighted by Gasteiger charge is -2.13. The summed E-state index contributed by atoms with van der Waals surface area (Å²) in [4.78, 5) is 0. The zero-order valence-electron chi connectivity index (χ0n) is 11.0. The Balaban J connectivity index is 2.65. The molecule has 0 fully saturated rings. The molecule has 1 aromatic carbocycles. The monoisotopic (exact) mass is 239 g/mol. The third-order valence-electron chi connectivity index (χ3n) is 3.07. The molecule has 0 saturated carbocycles. The van der Waals surface area contributed by atoms with Crippen LogP contribution in [0.1, 0.15) is 43.5 Å². The first-order chi connectivity index (χ1) is 8.69. The van der Waals surface area contributed by atoms with E-state index in [-0.39, 0.29) is 5.92 Å². The van der Waals surface area contributed by atoms with Gasteiger partial charge in [-0.25, -0.2) is 4.68 Å². The maximum atomic E-state index is 9.15. The highest BCUT2D eigenvalue weighted by Gasteiger charge is 2.16. The van der Waals surface area contributed by atoms with Crippen molar-refractivity contribution in [3.8, 4) is 11.8 Å². The molecule has 0 aliphatic heterocycles. The van der Waals surface area contributed by atoms with Gasteiger partial charge in [0.05, 0.1) is 23.1 Å². The Morgan fingerprint density at radius 1 is 1.33 bits per heavy atom. The van der Waals surface area contributed by atoms with Gasteiger partial charge in [0.15, 0.2) is 0 Å².